The molecule has 0 unspecified atom stereocenters. The van der Waals surface area contributed by atoms with Gasteiger partial charge < -0.3 is 14.8 Å². The van der Waals surface area contributed by atoms with Crippen LogP contribution in [0.15, 0.2) is 90.0 Å². The van der Waals surface area contributed by atoms with Gasteiger partial charge in [0, 0.05) is 25.1 Å². The molecule has 38 heavy (non-hydrogen) atoms. The third-order valence-corrected chi connectivity index (χ3v) is 7.25. The number of aromatic nitrogens is 1. The standard InChI is InChI=1S/C30H30N2O5S/c1-21-10-11-26(19-29(21)38(3,34)35)30(33)32-20-27-17-25(12-13-31-27)23-7-4-6-22(16-23)24-8-5-9-28(18-24)37-15-14-36-2/h4-13,16-19H,14-15,20H2,1-3H3,(H,32,33). The SMILES string of the molecule is COCCOc1cccc(-c2cccc(-c3ccnc(CNC(=O)c4ccc(C)c(S(C)(=O)=O)c4)c3)c2)c1. The lowest BCUT2D eigenvalue weighted by Crippen LogP contribution is -2.23. The lowest BCUT2D eigenvalue weighted by Gasteiger charge is -2.11. The molecule has 0 fully saturated rings. The maximum atomic E-state index is 12.7. The van der Waals surface area contributed by atoms with Crippen molar-refractivity contribution in [1.29, 1.82) is 0 Å². The summed E-state index contributed by atoms with van der Waals surface area (Å²) in [5.74, 6) is 0.417. The summed E-state index contributed by atoms with van der Waals surface area (Å²) in [6, 6.07) is 24.6. The van der Waals surface area contributed by atoms with Gasteiger partial charge in [-0.3, -0.25) is 9.78 Å². The van der Waals surface area contributed by atoms with Crippen LogP contribution in [0.3, 0.4) is 0 Å². The molecule has 1 amide bonds. The minimum Gasteiger partial charge on any atom is -0.491 e. The Kier molecular flexibility index (Phi) is 8.55. The molecule has 8 heteroatoms. The largest absolute Gasteiger partial charge is 0.491 e. The highest BCUT2D eigenvalue weighted by Gasteiger charge is 2.15. The minimum atomic E-state index is -3.43. The highest BCUT2D eigenvalue weighted by Crippen LogP contribution is 2.29. The Bertz CT molecular complexity index is 1550. The second kappa shape index (κ2) is 12.0. The van der Waals surface area contributed by atoms with E-state index in [0.29, 0.717) is 24.5 Å². The summed E-state index contributed by atoms with van der Waals surface area (Å²) in [5.41, 5.74) is 5.64. The highest BCUT2D eigenvalue weighted by molar-refractivity contribution is 7.90. The highest BCUT2D eigenvalue weighted by atomic mass is 32.2. The fraction of sp³-hybridized carbons (Fsp3) is 0.200. The van der Waals surface area contributed by atoms with Crippen molar-refractivity contribution in [1.82, 2.24) is 10.3 Å². The molecule has 0 bridgehead atoms. The van der Waals surface area contributed by atoms with E-state index in [4.69, 9.17) is 9.47 Å². The summed E-state index contributed by atoms with van der Waals surface area (Å²) in [7, 11) is -1.79. The van der Waals surface area contributed by atoms with Crippen LogP contribution in [-0.4, -0.2) is 45.9 Å². The number of carbonyl (C=O) groups excluding carboxylic acids is 1. The molecule has 0 radical (unpaired) electrons. The molecule has 0 aliphatic heterocycles. The fourth-order valence-electron chi connectivity index (χ4n) is 4.05. The first-order valence-electron chi connectivity index (χ1n) is 12.1. The number of hydrogen-bond acceptors (Lipinski definition) is 6. The lowest BCUT2D eigenvalue weighted by atomic mass is 9.99. The molecular weight excluding hydrogens is 500 g/mol. The number of methoxy groups -OCH3 is 1. The Labute approximate surface area is 223 Å². The van der Waals surface area contributed by atoms with Crippen molar-refractivity contribution in [3.63, 3.8) is 0 Å². The van der Waals surface area contributed by atoms with Gasteiger partial charge in [0.1, 0.15) is 12.4 Å². The summed E-state index contributed by atoms with van der Waals surface area (Å²) >= 11 is 0. The first-order chi connectivity index (χ1) is 18.2. The summed E-state index contributed by atoms with van der Waals surface area (Å²) < 4.78 is 34.8. The lowest BCUT2D eigenvalue weighted by molar-refractivity contribution is 0.0950. The molecule has 1 heterocycles. The molecule has 0 aliphatic carbocycles. The van der Waals surface area contributed by atoms with Crippen LogP contribution in [0, 0.1) is 6.92 Å². The number of nitrogens with zero attached hydrogens (tertiary/aromatic N) is 1. The van der Waals surface area contributed by atoms with Gasteiger partial charge in [-0.05, 0) is 77.2 Å². The zero-order valence-corrected chi connectivity index (χ0v) is 22.4. The second-order valence-electron chi connectivity index (χ2n) is 8.92. The van der Waals surface area contributed by atoms with Crippen LogP contribution in [-0.2, 0) is 21.1 Å². The van der Waals surface area contributed by atoms with Crippen LogP contribution in [0.5, 0.6) is 5.75 Å². The van der Waals surface area contributed by atoms with Crippen LogP contribution in [0.2, 0.25) is 0 Å². The van der Waals surface area contributed by atoms with Gasteiger partial charge in [0.05, 0.1) is 23.7 Å². The van der Waals surface area contributed by atoms with E-state index in [1.807, 2.05) is 54.6 Å². The molecule has 1 aromatic heterocycles. The van der Waals surface area contributed by atoms with E-state index < -0.39 is 9.84 Å². The predicted molar refractivity (Wildman–Crippen MR) is 148 cm³/mol. The number of ether oxygens (including phenoxy) is 2. The number of benzene rings is 3. The van der Waals surface area contributed by atoms with Gasteiger partial charge in [-0.1, -0.05) is 36.4 Å². The van der Waals surface area contributed by atoms with Crippen LogP contribution in [0.25, 0.3) is 22.3 Å². The van der Waals surface area contributed by atoms with Crippen molar-refractivity contribution >= 4 is 15.7 Å². The zero-order valence-electron chi connectivity index (χ0n) is 21.6. The van der Waals surface area contributed by atoms with E-state index in [2.05, 4.69) is 16.4 Å². The van der Waals surface area contributed by atoms with Gasteiger partial charge in [-0.25, -0.2) is 8.42 Å². The van der Waals surface area contributed by atoms with E-state index in [9.17, 15) is 13.2 Å². The zero-order chi connectivity index (χ0) is 27.1. The maximum absolute atomic E-state index is 12.7. The average Bonchev–Trinajstić information content (AvgIpc) is 2.92. The number of carbonyl (C=O) groups is 1. The number of sulfone groups is 1. The average molecular weight is 531 g/mol. The third-order valence-electron chi connectivity index (χ3n) is 6.02. The quantitative estimate of drug-likeness (QED) is 0.287. The molecule has 4 rings (SSSR count). The number of nitrogens with one attached hydrogen (secondary N) is 1. The van der Waals surface area contributed by atoms with Crippen molar-refractivity contribution in [2.45, 2.75) is 18.4 Å². The van der Waals surface area contributed by atoms with E-state index in [1.54, 1.807) is 32.4 Å². The monoisotopic (exact) mass is 530 g/mol. The number of pyridine rings is 1. The second-order valence-corrected chi connectivity index (χ2v) is 10.9. The van der Waals surface area contributed by atoms with Crippen LogP contribution < -0.4 is 10.1 Å². The maximum Gasteiger partial charge on any atom is 0.251 e. The molecule has 0 spiro atoms. The van der Waals surface area contributed by atoms with Gasteiger partial charge >= 0.3 is 0 Å². The molecule has 196 valence electrons. The summed E-state index contributed by atoms with van der Waals surface area (Å²) in [5, 5.41) is 2.84. The van der Waals surface area contributed by atoms with Crippen molar-refractivity contribution in [2.24, 2.45) is 0 Å². The van der Waals surface area contributed by atoms with Crippen molar-refractivity contribution < 1.29 is 22.7 Å². The minimum absolute atomic E-state index is 0.150. The number of rotatable bonds is 10. The summed E-state index contributed by atoms with van der Waals surface area (Å²) in [4.78, 5) is 17.3. The fourth-order valence-corrected chi connectivity index (χ4v) is 5.05. The number of amides is 1. The Hall–Kier alpha value is -4.01. The molecule has 0 saturated carbocycles. The molecular formula is C30H30N2O5S. The van der Waals surface area contributed by atoms with E-state index in [0.717, 1.165) is 34.3 Å². The molecule has 0 saturated heterocycles. The summed E-state index contributed by atoms with van der Waals surface area (Å²) in [6.45, 7) is 2.92. The first-order valence-corrected chi connectivity index (χ1v) is 14.0. The third kappa shape index (κ3) is 6.85. The topological polar surface area (TPSA) is 94.6 Å². The van der Waals surface area contributed by atoms with Crippen LogP contribution in [0.1, 0.15) is 21.6 Å². The van der Waals surface area contributed by atoms with Crippen molar-refractivity contribution in [2.75, 3.05) is 26.6 Å². The molecule has 7 nitrogen and oxygen atoms in total. The molecule has 0 atom stereocenters. The first kappa shape index (κ1) is 27.0. The van der Waals surface area contributed by atoms with Gasteiger partial charge in [0.15, 0.2) is 9.84 Å². The van der Waals surface area contributed by atoms with Gasteiger partial charge in [0.25, 0.3) is 5.91 Å². The Morgan fingerprint density at radius 3 is 2.26 bits per heavy atom. The van der Waals surface area contributed by atoms with Crippen LogP contribution >= 0.6 is 0 Å². The number of hydrogen-bond donors (Lipinski definition) is 1. The predicted octanol–water partition coefficient (Wildman–Crippen LogP) is 5.08. The summed E-state index contributed by atoms with van der Waals surface area (Å²) in [6.07, 6.45) is 2.84. The van der Waals surface area contributed by atoms with Gasteiger partial charge in [-0.2, -0.15) is 0 Å². The molecule has 1 N–H and O–H groups in total. The molecule has 4 aromatic rings. The Morgan fingerprint density at radius 2 is 1.55 bits per heavy atom. The van der Waals surface area contributed by atoms with Gasteiger partial charge in [-0.15, -0.1) is 0 Å². The van der Waals surface area contributed by atoms with Crippen molar-refractivity contribution in [3.8, 4) is 28.0 Å². The smallest absolute Gasteiger partial charge is 0.251 e. The normalized spacial score (nSPS) is 11.2. The molecule has 3 aromatic carbocycles. The number of aryl methyl sites for hydroxylation is 1. The molecule has 0 aliphatic rings. The van der Waals surface area contributed by atoms with Gasteiger partial charge in [0.2, 0.25) is 0 Å². The van der Waals surface area contributed by atoms with Crippen LogP contribution in [0.4, 0.5) is 0 Å². The Balaban J connectivity index is 1.49. The Morgan fingerprint density at radius 1 is 0.868 bits per heavy atom. The van der Waals surface area contributed by atoms with E-state index in [1.165, 1.54) is 6.07 Å². The van der Waals surface area contributed by atoms with Crippen molar-refractivity contribution in [3.05, 3.63) is 102 Å². The van der Waals surface area contributed by atoms with E-state index >= 15 is 0 Å². The van der Waals surface area contributed by atoms with E-state index in [-0.39, 0.29) is 22.9 Å².